The van der Waals surface area contributed by atoms with Crippen molar-refractivity contribution < 1.29 is 9.90 Å². The van der Waals surface area contributed by atoms with E-state index in [1.165, 1.54) is 0 Å². The molecule has 0 saturated heterocycles. The molecule has 1 N–H and O–H groups in total. The Balaban J connectivity index is 2.91. The highest BCUT2D eigenvalue weighted by Gasteiger charge is 2.27. The zero-order valence-electron chi connectivity index (χ0n) is 9.17. The molecule has 0 radical (unpaired) electrons. The first-order chi connectivity index (χ1) is 6.83. The van der Waals surface area contributed by atoms with Gasteiger partial charge in [0.15, 0.2) is 0 Å². The molecule has 15 heavy (non-hydrogen) atoms. The van der Waals surface area contributed by atoms with Gasteiger partial charge in [-0.25, -0.2) is 0 Å². The van der Waals surface area contributed by atoms with E-state index in [1.54, 1.807) is 13.8 Å². The van der Waals surface area contributed by atoms with E-state index in [0.29, 0.717) is 6.42 Å². The molecular weight excluding hydrogens is 256 g/mol. The summed E-state index contributed by atoms with van der Waals surface area (Å²) in [7, 11) is 0. The highest BCUT2D eigenvalue weighted by Crippen LogP contribution is 2.24. The van der Waals surface area contributed by atoms with E-state index in [-0.39, 0.29) is 0 Å². The van der Waals surface area contributed by atoms with Crippen molar-refractivity contribution >= 4 is 21.9 Å². The summed E-state index contributed by atoms with van der Waals surface area (Å²) in [6.45, 7) is 5.49. The molecule has 0 aromatic heterocycles. The van der Waals surface area contributed by atoms with Crippen LogP contribution in [0.25, 0.3) is 0 Å². The molecule has 0 atom stereocenters. The first-order valence-electron chi connectivity index (χ1n) is 4.81. The van der Waals surface area contributed by atoms with E-state index in [0.717, 1.165) is 15.6 Å². The predicted molar refractivity (Wildman–Crippen MR) is 64.0 cm³/mol. The average Bonchev–Trinajstić information content (AvgIpc) is 2.10. The van der Waals surface area contributed by atoms with Crippen LogP contribution in [0.2, 0.25) is 0 Å². The van der Waals surface area contributed by atoms with Crippen molar-refractivity contribution in [1.29, 1.82) is 0 Å². The Morgan fingerprint density at radius 2 is 2.07 bits per heavy atom. The maximum absolute atomic E-state index is 11.0. The molecule has 0 heterocycles. The number of hydrogen-bond acceptors (Lipinski definition) is 1. The fraction of sp³-hybridized carbons (Fsp3) is 0.417. The summed E-state index contributed by atoms with van der Waals surface area (Å²) in [4.78, 5) is 11.0. The highest BCUT2D eigenvalue weighted by molar-refractivity contribution is 9.10. The summed E-state index contributed by atoms with van der Waals surface area (Å²) in [6.07, 6.45) is 0.552. The zero-order chi connectivity index (χ0) is 11.6. The van der Waals surface area contributed by atoms with E-state index < -0.39 is 11.4 Å². The second-order valence-electron chi connectivity index (χ2n) is 4.45. The molecule has 0 unspecified atom stereocenters. The Morgan fingerprint density at radius 1 is 1.47 bits per heavy atom. The second kappa shape index (κ2) is 4.35. The molecule has 0 amide bonds. The SMILES string of the molecule is Cc1cc(CC(C)(C)C(=O)O)ccc1Br. The summed E-state index contributed by atoms with van der Waals surface area (Å²) in [5.74, 6) is -0.761. The smallest absolute Gasteiger partial charge is 0.309 e. The van der Waals surface area contributed by atoms with Crippen molar-refractivity contribution in [2.45, 2.75) is 27.2 Å². The summed E-state index contributed by atoms with van der Waals surface area (Å²) in [5.41, 5.74) is 1.48. The Kier molecular flexibility index (Phi) is 3.55. The maximum Gasteiger partial charge on any atom is 0.309 e. The third-order valence-corrected chi connectivity index (χ3v) is 3.34. The Bertz CT molecular complexity index is 383. The topological polar surface area (TPSA) is 37.3 Å². The van der Waals surface area contributed by atoms with Crippen LogP contribution in [0.5, 0.6) is 0 Å². The van der Waals surface area contributed by atoms with E-state index in [1.807, 2.05) is 25.1 Å². The molecule has 0 spiro atoms. The molecular formula is C12H15BrO2. The van der Waals surface area contributed by atoms with Crippen molar-refractivity contribution in [2.24, 2.45) is 5.41 Å². The van der Waals surface area contributed by atoms with Crippen LogP contribution < -0.4 is 0 Å². The number of aryl methyl sites for hydroxylation is 1. The Labute approximate surface area is 98.4 Å². The van der Waals surface area contributed by atoms with Gasteiger partial charge in [0.2, 0.25) is 0 Å². The lowest BCUT2D eigenvalue weighted by atomic mass is 9.85. The zero-order valence-corrected chi connectivity index (χ0v) is 10.8. The van der Waals surface area contributed by atoms with Crippen LogP contribution in [0.3, 0.4) is 0 Å². The van der Waals surface area contributed by atoms with Gasteiger partial charge in [-0.2, -0.15) is 0 Å². The molecule has 0 fully saturated rings. The molecule has 2 nitrogen and oxygen atoms in total. The van der Waals surface area contributed by atoms with E-state index >= 15 is 0 Å². The number of rotatable bonds is 3. The first kappa shape index (κ1) is 12.2. The van der Waals surface area contributed by atoms with E-state index in [4.69, 9.17) is 5.11 Å². The van der Waals surface area contributed by atoms with Gasteiger partial charge in [-0.1, -0.05) is 28.1 Å². The lowest BCUT2D eigenvalue weighted by molar-refractivity contribution is -0.146. The quantitative estimate of drug-likeness (QED) is 0.914. The number of aliphatic carboxylic acids is 1. The largest absolute Gasteiger partial charge is 0.481 e. The standard InChI is InChI=1S/C12H15BrO2/c1-8-6-9(4-5-10(8)13)7-12(2,3)11(14)15/h4-6H,7H2,1-3H3,(H,14,15). The number of carboxylic acids is 1. The van der Waals surface area contributed by atoms with Gasteiger partial charge in [0, 0.05) is 4.47 Å². The number of carboxylic acid groups (broad SMARTS) is 1. The molecule has 1 aromatic carbocycles. The normalized spacial score (nSPS) is 11.5. The average molecular weight is 271 g/mol. The van der Waals surface area contributed by atoms with Crippen molar-refractivity contribution in [1.82, 2.24) is 0 Å². The van der Waals surface area contributed by atoms with Crippen molar-refractivity contribution in [3.8, 4) is 0 Å². The molecule has 0 bridgehead atoms. The van der Waals surface area contributed by atoms with Gasteiger partial charge in [0.05, 0.1) is 5.41 Å². The van der Waals surface area contributed by atoms with Gasteiger partial charge >= 0.3 is 5.97 Å². The van der Waals surface area contributed by atoms with E-state index in [9.17, 15) is 4.79 Å². The summed E-state index contributed by atoms with van der Waals surface area (Å²) in [5, 5.41) is 9.02. The highest BCUT2D eigenvalue weighted by atomic mass is 79.9. The summed E-state index contributed by atoms with van der Waals surface area (Å²) in [6, 6.07) is 5.94. The van der Waals surface area contributed by atoms with Crippen molar-refractivity contribution in [3.63, 3.8) is 0 Å². The fourth-order valence-electron chi connectivity index (χ4n) is 1.40. The number of hydrogen-bond donors (Lipinski definition) is 1. The van der Waals surface area contributed by atoms with Gasteiger partial charge in [-0.05, 0) is 44.4 Å². The predicted octanol–water partition coefficient (Wildman–Crippen LogP) is 3.41. The van der Waals surface area contributed by atoms with Crippen LogP contribution in [-0.2, 0) is 11.2 Å². The minimum absolute atomic E-state index is 0.552. The molecule has 0 aliphatic carbocycles. The number of halogens is 1. The van der Waals surface area contributed by atoms with Crippen LogP contribution in [0.1, 0.15) is 25.0 Å². The van der Waals surface area contributed by atoms with Crippen molar-refractivity contribution in [2.75, 3.05) is 0 Å². The lowest BCUT2D eigenvalue weighted by Crippen LogP contribution is -2.26. The second-order valence-corrected chi connectivity index (χ2v) is 5.30. The summed E-state index contributed by atoms with van der Waals surface area (Å²) >= 11 is 3.42. The minimum Gasteiger partial charge on any atom is -0.481 e. The molecule has 0 aliphatic heterocycles. The third-order valence-electron chi connectivity index (χ3n) is 2.45. The van der Waals surface area contributed by atoms with Gasteiger partial charge in [-0.15, -0.1) is 0 Å². The van der Waals surface area contributed by atoms with Gasteiger partial charge in [0.25, 0.3) is 0 Å². The third kappa shape index (κ3) is 3.06. The molecule has 0 aliphatic rings. The molecule has 3 heteroatoms. The molecule has 0 saturated carbocycles. The van der Waals surface area contributed by atoms with Crippen molar-refractivity contribution in [3.05, 3.63) is 33.8 Å². The molecule has 1 aromatic rings. The van der Waals surface area contributed by atoms with E-state index in [2.05, 4.69) is 15.9 Å². The van der Waals surface area contributed by atoms with Gasteiger partial charge < -0.3 is 5.11 Å². The van der Waals surface area contributed by atoms with Crippen LogP contribution in [0.15, 0.2) is 22.7 Å². The Morgan fingerprint density at radius 3 is 2.53 bits per heavy atom. The maximum atomic E-state index is 11.0. The Hall–Kier alpha value is -0.830. The number of benzene rings is 1. The lowest BCUT2D eigenvalue weighted by Gasteiger charge is -2.19. The van der Waals surface area contributed by atoms with Crippen LogP contribution in [0.4, 0.5) is 0 Å². The van der Waals surface area contributed by atoms with Crippen LogP contribution >= 0.6 is 15.9 Å². The fourth-order valence-corrected chi connectivity index (χ4v) is 1.65. The molecule has 1 rings (SSSR count). The van der Waals surface area contributed by atoms with Gasteiger partial charge in [0.1, 0.15) is 0 Å². The van der Waals surface area contributed by atoms with Gasteiger partial charge in [-0.3, -0.25) is 4.79 Å². The van der Waals surface area contributed by atoms with Crippen LogP contribution in [-0.4, -0.2) is 11.1 Å². The number of carbonyl (C=O) groups is 1. The first-order valence-corrected chi connectivity index (χ1v) is 5.60. The monoisotopic (exact) mass is 270 g/mol. The molecule has 82 valence electrons. The summed E-state index contributed by atoms with van der Waals surface area (Å²) < 4.78 is 1.05. The minimum atomic E-state index is -0.761. The van der Waals surface area contributed by atoms with Crippen LogP contribution in [0, 0.1) is 12.3 Å².